The molecule has 8 nitrogen and oxygen atoms in total. The summed E-state index contributed by atoms with van der Waals surface area (Å²) in [5.41, 5.74) is 0.982. The molecule has 1 saturated heterocycles. The summed E-state index contributed by atoms with van der Waals surface area (Å²) < 4.78 is 6.48. The molecule has 3 rings (SSSR count). The number of amides is 2. The molecule has 0 unspecified atom stereocenters. The number of carbonyl (C=O) groups excluding carboxylic acids is 2. The van der Waals surface area contributed by atoms with Gasteiger partial charge in [0.2, 0.25) is 0 Å². The lowest BCUT2D eigenvalue weighted by molar-refractivity contribution is 0.0566. The highest BCUT2D eigenvalue weighted by molar-refractivity contribution is 6.30. The summed E-state index contributed by atoms with van der Waals surface area (Å²) in [5.74, 6) is -0.211. The molecule has 2 amide bonds. The number of hydrogen-bond acceptors (Lipinski definition) is 5. The van der Waals surface area contributed by atoms with E-state index in [1.165, 1.54) is 4.68 Å². The molecule has 1 fully saturated rings. The average molecular weight is 364 g/mol. The van der Waals surface area contributed by atoms with Crippen molar-refractivity contribution in [1.29, 1.82) is 0 Å². The van der Waals surface area contributed by atoms with Gasteiger partial charge in [-0.2, -0.15) is 0 Å². The summed E-state index contributed by atoms with van der Waals surface area (Å²) in [6.07, 6.45) is 1.23. The van der Waals surface area contributed by atoms with Gasteiger partial charge in [0.15, 0.2) is 5.69 Å². The molecule has 0 aliphatic carbocycles. The standard InChI is InChI=1S/C16H18ClN5O3/c1-2-25-16(24)21-8-6-20(7-9-21)15(23)14-11-22(19-18-14)13-5-3-4-12(17)10-13/h3-5,10-11H,2,6-9H2,1H3. The lowest BCUT2D eigenvalue weighted by Crippen LogP contribution is -2.50. The van der Waals surface area contributed by atoms with Crippen molar-refractivity contribution in [1.82, 2.24) is 24.8 Å². The topological polar surface area (TPSA) is 80.6 Å². The van der Waals surface area contributed by atoms with E-state index >= 15 is 0 Å². The number of benzene rings is 1. The molecule has 0 radical (unpaired) electrons. The van der Waals surface area contributed by atoms with Gasteiger partial charge in [-0.05, 0) is 25.1 Å². The van der Waals surface area contributed by atoms with E-state index in [4.69, 9.17) is 16.3 Å². The van der Waals surface area contributed by atoms with Gasteiger partial charge in [-0.15, -0.1) is 5.10 Å². The molecule has 0 saturated carbocycles. The van der Waals surface area contributed by atoms with Crippen LogP contribution in [-0.2, 0) is 4.74 Å². The minimum Gasteiger partial charge on any atom is -0.450 e. The molecule has 2 aromatic rings. The van der Waals surface area contributed by atoms with Crippen LogP contribution in [0.2, 0.25) is 5.02 Å². The Labute approximate surface area is 149 Å². The van der Waals surface area contributed by atoms with Gasteiger partial charge < -0.3 is 14.5 Å². The number of ether oxygens (including phenoxy) is 1. The molecule has 0 atom stereocenters. The van der Waals surface area contributed by atoms with Gasteiger partial charge in [0.05, 0.1) is 18.5 Å². The van der Waals surface area contributed by atoms with Crippen LogP contribution in [0.25, 0.3) is 5.69 Å². The van der Waals surface area contributed by atoms with Crippen LogP contribution in [-0.4, -0.2) is 69.6 Å². The third kappa shape index (κ3) is 3.90. The van der Waals surface area contributed by atoms with Crippen molar-refractivity contribution < 1.29 is 14.3 Å². The summed E-state index contributed by atoms with van der Waals surface area (Å²) in [7, 11) is 0. The van der Waals surface area contributed by atoms with E-state index < -0.39 is 0 Å². The molecule has 132 valence electrons. The number of hydrogen-bond donors (Lipinski definition) is 0. The third-order valence-corrected chi connectivity index (χ3v) is 4.11. The molecular formula is C16H18ClN5O3. The van der Waals surface area contributed by atoms with Gasteiger partial charge in [-0.1, -0.05) is 22.9 Å². The van der Waals surface area contributed by atoms with Crippen LogP contribution in [0.3, 0.4) is 0 Å². The second-order valence-electron chi connectivity index (χ2n) is 5.51. The fourth-order valence-electron chi connectivity index (χ4n) is 2.58. The number of aromatic nitrogens is 3. The van der Waals surface area contributed by atoms with Crippen LogP contribution in [0, 0.1) is 0 Å². The van der Waals surface area contributed by atoms with Crippen LogP contribution < -0.4 is 0 Å². The lowest BCUT2D eigenvalue weighted by Gasteiger charge is -2.33. The van der Waals surface area contributed by atoms with Crippen LogP contribution in [0.5, 0.6) is 0 Å². The number of halogens is 1. The maximum atomic E-state index is 12.6. The molecular weight excluding hydrogens is 346 g/mol. The van der Waals surface area contributed by atoms with E-state index in [9.17, 15) is 9.59 Å². The first-order chi connectivity index (χ1) is 12.1. The lowest BCUT2D eigenvalue weighted by atomic mass is 10.3. The van der Waals surface area contributed by atoms with E-state index in [0.29, 0.717) is 37.8 Å². The van der Waals surface area contributed by atoms with Gasteiger partial charge >= 0.3 is 6.09 Å². The van der Waals surface area contributed by atoms with Crippen molar-refractivity contribution in [3.05, 3.63) is 41.2 Å². The van der Waals surface area contributed by atoms with Gasteiger partial charge in [-0.25, -0.2) is 9.48 Å². The molecule has 2 heterocycles. The molecule has 9 heteroatoms. The zero-order valence-electron chi connectivity index (χ0n) is 13.8. The van der Waals surface area contributed by atoms with Gasteiger partial charge in [0, 0.05) is 31.2 Å². The van der Waals surface area contributed by atoms with Crippen LogP contribution in [0.15, 0.2) is 30.5 Å². The first-order valence-corrected chi connectivity index (χ1v) is 8.35. The van der Waals surface area contributed by atoms with Crippen LogP contribution in [0.4, 0.5) is 4.79 Å². The predicted octanol–water partition coefficient (Wildman–Crippen LogP) is 1.84. The number of piperazine rings is 1. The Morgan fingerprint density at radius 2 is 1.92 bits per heavy atom. The quantitative estimate of drug-likeness (QED) is 0.831. The molecule has 0 spiro atoms. The van der Waals surface area contributed by atoms with Gasteiger partial charge in [0.1, 0.15) is 0 Å². The van der Waals surface area contributed by atoms with Crippen molar-refractivity contribution in [2.75, 3.05) is 32.8 Å². The Kier molecular flexibility index (Phi) is 5.18. The summed E-state index contributed by atoms with van der Waals surface area (Å²) in [4.78, 5) is 27.5. The smallest absolute Gasteiger partial charge is 0.409 e. The van der Waals surface area contributed by atoms with Crippen molar-refractivity contribution in [3.8, 4) is 5.69 Å². The average Bonchev–Trinajstić information content (AvgIpc) is 3.11. The van der Waals surface area contributed by atoms with Crippen molar-refractivity contribution in [2.24, 2.45) is 0 Å². The van der Waals surface area contributed by atoms with Crippen LogP contribution in [0.1, 0.15) is 17.4 Å². The Balaban J connectivity index is 1.64. The number of rotatable bonds is 3. The van der Waals surface area contributed by atoms with E-state index in [-0.39, 0.29) is 17.7 Å². The Morgan fingerprint density at radius 3 is 2.60 bits per heavy atom. The van der Waals surface area contributed by atoms with Crippen molar-refractivity contribution in [2.45, 2.75) is 6.92 Å². The normalized spacial score (nSPS) is 14.5. The van der Waals surface area contributed by atoms with Crippen molar-refractivity contribution in [3.63, 3.8) is 0 Å². The summed E-state index contributed by atoms with van der Waals surface area (Å²) in [5, 5.41) is 8.52. The van der Waals surface area contributed by atoms with E-state index in [2.05, 4.69) is 10.3 Å². The van der Waals surface area contributed by atoms with E-state index in [0.717, 1.165) is 5.69 Å². The first-order valence-electron chi connectivity index (χ1n) is 7.97. The zero-order chi connectivity index (χ0) is 17.8. The SMILES string of the molecule is CCOC(=O)N1CCN(C(=O)c2cn(-c3cccc(Cl)c3)nn2)CC1. The second-order valence-corrected chi connectivity index (χ2v) is 5.94. The Hall–Kier alpha value is -2.61. The molecule has 0 N–H and O–H groups in total. The molecule has 1 aliphatic heterocycles. The number of carbonyl (C=O) groups is 2. The highest BCUT2D eigenvalue weighted by atomic mass is 35.5. The fraction of sp³-hybridized carbons (Fsp3) is 0.375. The summed E-state index contributed by atoms with van der Waals surface area (Å²) in [6, 6.07) is 7.13. The molecule has 1 aliphatic rings. The Bertz CT molecular complexity index is 771. The highest BCUT2D eigenvalue weighted by Gasteiger charge is 2.27. The minimum absolute atomic E-state index is 0.211. The largest absolute Gasteiger partial charge is 0.450 e. The number of nitrogens with zero attached hydrogens (tertiary/aromatic N) is 5. The third-order valence-electron chi connectivity index (χ3n) is 3.88. The fourth-order valence-corrected chi connectivity index (χ4v) is 2.76. The van der Waals surface area contributed by atoms with Crippen molar-refractivity contribution >= 4 is 23.6 Å². The molecule has 1 aromatic carbocycles. The first kappa shape index (κ1) is 17.2. The predicted molar refractivity (Wildman–Crippen MR) is 90.9 cm³/mol. The van der Waals surface area contributed by atoms with Gasteiger partial charge in [0.25, 0.3) is 5.91 Å². The zero-order valence-corrected chi connectivity index (χ0v) is 14.5. The monoisotopic (exact) mass is 363 g/mol. The van der Waals surface area contributed by atoms with Crippen LogP contribution >= 0.6 is 11.6 Å². The molecule has 25 heavy (non-hydrogen) atoms. The summed E-state index contributed by atoms with van der Waals surface area (Å²) in [6.45, 7) is 3.84. The van der Waals surface area contributed by atoms with E-state index in [1.807, 2.05) is 6.07 Å². The maximum absolute atomic E-state index is 12.6. The second kappa shape index (κ2) is 7.52. The molecule has 1 aromatic heterocycles. The van der Waals surface area contributed by atoms with E-state index in [1.54, 1.807) is 41.1 Å². The maximum Gasteiger partial charge on any atom is 0.409 e. The van der Waals surface area contributed by atoms with Gasteiger partial charge in [-0.3, -0.25) is 4.79 Å². The minimum atomic E-state index is -0.346. The molecule has 0 bridgehead atoms. The highest BCUT2D eigenvalue weighted by Crippen LogP contribution is 2.15. The Morgan fingerprint density at radius 1 is 1.20 bits per heavy atom. The summed E-state index contributed by atoms with van der Waals surface area (Å²) >= 11 is 5.97.